The first-order valence-corrected chi connectivity index (χ1v) is 7.11. The van der Waals surface area contributed by atoms with E-state index in [0.29, 0.717) is 37.9 Å². The molecule has 6 heteroatoms. The molecule has 0 aliphatic carbocycles. The van der Waals surface area contributed by atoms with Crippen LogP contribution >= 0.6 is 0 Å². The van der Waals surface area contributed by atoms with Gasteiger partial charge in [-0.3, -0.25) is 9.36 Å². The molecule has 0 spiro atoms. The Kier molecular flexibility index (Phi) is 3.90. The molecule has 0 unspecified atom stereocenters. The number of nitriles is 1. The van der Waals surface area contributed by atoms with Gasteiger partial charge in [-0.1, -0.05) is 30.3 Å². The summed E-state index contributed by atoms with van der Waals surface area (Å²) in [6.07, 6.45) is 0. The molecule has 0 saturated carbocycles. The highest BCUT2D eigenvalue weighted by Gasteiger charge is 2.21. The van der Waals surface area contributed by atoms with E-state index in [9.17, 15) is 10.1 Å². The Morgan fingerprint density at radius 3 is 2.55 bits per heavy atom. The van der Waals surface area contributed by atoms with Crippen molar-refractivity contribution < 1.29 is 4.74 Å². The van der Waals surface area contributed by atoms with Gasteiger partial charge in [0.25, 0.3) is 5.56 Å². The first-order valence-electron chi connectivity index (χ1n) is 7.11. The molecule has 1 aliphatic heterocycles. The van der Waals surface area contributed by atoms with Crippen LogP contribution in [0, 0.1) is 11.3 Å². The molecule has 1 saturated heterocycles. The van der Waals surface area contributed by atoms with E-state index in [1.165, 1.54) is 4.57 Å². The van der Waals surface area contributed by atoms with Crippen molar-refractivity contribution in [2.75, 3.05) is 31.2 Å². The van der Waals surface area contributed by atoms with E-state index in [-0.39, 0.29) is 11.1 Å². The van der Waals surface area contributed by atoms with Gasteiger partial charge in [-0.2, -0.15) is 5.26 Å². The molecule has 6 nitrogen and oxygen atoms in total. The van der Waals surface area contributed by atoms with Gasteiger partial charge in [0, 0.05) is 25.7 Å². The van der Waals surface area contributed by atoms with Crippen molar-refractivity contribution in [1.29, 1.82) is 5.26 Å². The van der Waals surface area contributed by atoms with Crippen molar-refractivity contribution in [3.8, 4) is 17.3 Å². The van der Waals surface area contributed by atoms with Crippen LogP contribution in [-0.2, 0) is 11.8 Å². The summed E-state index contributed by atoms with van der Waals surface area (Å²) in [5, 5.41) is 9.35. The van der Waals surface area contributed by atoms with Crippen molar-refractivity contribution in [2.24, 2.45) is 7.05 Å². The zero-order valence-corrected chi connectivity index (χ0v) is 12.3. The molecule has 0 bridgehead atoms. The van der Waals surface area contributed by atoms with Crippen molar-refractivity contribution in [3.05, 3.63) is 46.2 Å². The summed E-state index contributed by atoms with van der Waals surface area (Å²) in [7, 11) is 1.65. The van der Waals surface area contributed by atoms with Gasteiger partial charge >= 0.3 is 0 Å². The third kappa shape index (κ3) is 2.47. The number of nitrogens with zero attached hydrogens (tertiary/aromatic N) is 4. The molecule has 112 valence electrons. The molecule has 1 aliphatic rings. The fraction of sp³-hybridized carbons (Fsp3) is 0.312. The summed E-state index contributed by atoms with van der Waals surface area (Å²) in [4.78, 5) is 19.1. The maximum atomic E-state index is 12.5. The van der Waals surface area contributed by atoms with E-state index in [2.05, 4.69) is 4.98 Å². The molecule has 0 atom stereocenters. The van der Waals surface area contributed by atoms with E-state index in [1.54, 1.807) is 7.05 Å². The summed E-state index contributed by atoms with van der Waals surface area (Å²) >= 11 is 0. The lowest BCUT2D eigenvalue weighted by molar-refractivity contribution is 0.121. The normalized spacial score (nSPS) is 14.6. The van der Waals surface area contributed by atoms with E-state index in [0.717, 1.165) is 5.56 Å². The first kappa shape index (κ1) is 14.3. The molecule has 3 rings (SSSR count). The summed E-state index contributed by atoms with van der Waals surface area (Å²) in [5.74, 6) is 0.575. The lowest BCUT2D eigenvalue weighted by Gasteiger charge is -2.29. The second-order valence-electron chi connectivity index (χ2n) is 5.08. The lowest BCUT2D eigenvalue weighted by Crippen LogP contribution is -2.40. The monoisotopic (exact) mass is 296 g/mol. The highest BCUT2D eigenvalue weighted by atomic mass is 16.5. The highest BCUT2D eigenvalue weighted by molar-refractivity contribution is 5.67. The third-order valence-corrected chi connectivity index (χ3v) is 3.72. The standard InChI is InChI=1S/C16H16N4O2/c1-19-15(21)13(11-17)14(12-5-3-2-4-6-12)18-16(19)20-7-9-22-10-8-20/h2-6H,7-10H2,1H3. The van der Waals surface area contributed by atoms with E-state index in [4.69, 9.17) is 4.74 Å². The molecule has 1 aromatic carbocycles. The Morgan fingerprint density at radius 2 is 1.91 bits per heavy atom. The number of morpholine rings is 1. The topological polar surface area (TPSA) is 71.2 Å². The fourth-order valence-electron chi connectivity index (χ4n) is 2.54. The summed E-state index contributed by atoms with van der Waals surface area (Å²) in [6.45, 7) is 2.58. The minimum absolute atomic E-state index is 0.0747. The number of aromatic nitrogens is 2. The Bertz CT molecular complexity index is 771. The molecule has 0 radical (unpaired) electrons. The minimum Gasteiger partial charge on any atom is -0.378 e. The van der Waals surface area contributed by atoms with Crippen LogP contribution in [0.4, 0.5) is 5.95 Å². The Morgan fingerprint density at radius 1 is 1.23 bits per heavy atom. The number of anilines is 1. The van der Waals surface area contributed by atoms with Gasteiger partial charge in [-0.05, 0) is 0 Å². The average Bonchev–Trinajstić information content (AvgIpc) is 2.58. The van der Waals surface area contributed by atoms with Crippen LogP contribution in [0.3, 0.4) is 0 Å². The molecule has 1 aromatic heterocycles. The molecule has 0 N–H and O–H groups in total. The van der Waals surface area contributed by atoms with Gasteiger partial charge in [0.2, 0.25) is 5.95 Å². The van der Waals surface area contributed by atoms with Crippen molar-refractivity contribution in [1.82, 2.24) is 9.55 Å². The largest absolute Gasteiger partial charge is 0.378 e. The summed E-state index contributed by atoms with van der Waals surface area (Å²) < 4.78 is 6.78. The van der Waals surface area contributed by atoms with Crippen LogP contribution < -0.4 is 10.5 Å². The fourth-order valence-corrected chi connectivity index (χ4v) is 2.54. The SMILES string of the molecule is Cn1c(N2CCOCC2)nc(-c2ccccc2)c(C#N)c1=O. The molecular weight excluding hydrogens is 280 g/mol. The van der Waals surface area contributed by atoms with Crippen molar-refractivity contribution in [3.63, 3.8) is 0 Å². The van der Waals surface area contributed by atoms with Gasteiger partial charge in [-0.15, -0.1) is 0 Å². The van der Waals surface area contributed by atoms with Gasteiger partial charge in [0.05, 0.1) is 18.9 Å². The van der Waals surface area contributed by atoms with Gasteiger partial charge in [0.1, 0.15) is 11.6 Å². The zero-order valence-electron chi connectivity index (χ0n) is 12.3. The predicted molar refractivity (Wildman–Crippen MR) is 82.7 cm³/mol. The van der Waals surface area contributed by atoms with Crippen molar-refractivity contribution in [2.45, 2.75) is 0 Å². The maximum absolute atomic E-state index is 12.5. The van der Waals surface area contributed by atoms with Gasteiger partial charge in [-0.25, -0.2) is 4.98 Å². The molecule has 0 amide bonds. The summed E-state index contributed by atoms with van der Waals surface area (Å²) in [6, 6.07) is 11.3. The van der Waals surface area contributed by atoms with E-state index in [1.807, 2.05) is 41.3 Å². The maximum Gasteiger partial charge on any atom is 0.273 e. The molecule has 2 aromatic rings. The van der Waals surface area contributed by atoms with Gasteiger partial charge in [0.15, 0.2) is 0 Å². The van der Waals surface area contributed by atoms with Crippen LogP contribution in [0.25, 0.3) is 11.3 Å². The van der Waals surface area contributed by atoms with Crippen LogP contribution in [-0.4, -0.2) is 35.9 Å². The smallest absolute Gasteiger partial charge is 0.273 e. The third-order valence-electron chi connectivity index (χ3n) is 3.72. The Balaban J connectivity index is 2.19. The molecular formula is C16H16N4O2. The Hall–Kier alpha value is -2.65. The molecule has 22 heavy (non-hydrogen) atoms. The first-order chi connectivity index (χ1) is 10.7. The average molecular weight is 296 g/mol. The molecule has 1 fully saturated rings. The number of hydrogen-bond acceptors (Lipinski definition) is 5. The van der Waals surface area contributed by atoms with E-state index >= 15 is 0 Å². The predicted octanol–water partition coefficient (Wildman–Crippen LogP) is 1.16. The number of hydrogen-bond donors (Lipinski definition) is 0. The van der Waals surface area contributed by atoms with Gasteiger partial charge < -0.3 is 9.64 Å². The van der Waals surface area contributed by atoms with Crippen LogP contribution in [0.2, 0.25) is 0 Å². The Labute approximate surface area is 128 Å². The highest BCUT2D eigenvalue weighted by Crippen LogP contribution is 2.22. The zero-order chi connectivity index (χ0) is 15.5. The van der Waals surface area contributed by atoms with E-state index < -0.39 is 0 Å². The van der Waals surface area contributed by atoms with Crippen molar-refractivity contribution >= 4 is 5.95 Å². The second-order valence-corrected chi connectivity index (χ2v) is 5.08. The van der Waals surface area contributed by atoms with Crippen LogP contribution in [0.5, 0.6) is 0 Å². The summed E-state index contributed by atoms with van der Waals surface area (Å²) in [5.41, 5.74) is 0.961. The van der Waals surface area contributed by atoms with Crippen LogP contribution in [0.15, 0.2) is 35.1 Å². The van der Waals surface area contributed by atoms with Crippen LogP contribution in [0.1, 0.15) is 5.56 Å². The number of rotatable bonds is 2. The number of benzene rings is 1. The number of ether oxygens (including phenoxy) is 1. The second kappa shape index (κ2) is 6.00. The lowest BCUT2D eigenvalue weighted by atomic mass is 10.1. The molecule has 2 heterocycles. The quantitative estimate of drug-likeness (QED) is 0.831. The minimum atomic E-state index is -0.321.